The van der Waals surface area contributed by atoms with Crippen LogP contribution in [0.2, 0.25) is 0 Å². The first-order chi connectivity index (χ1) is 65.8. The minimum atomic E-state index is -0.282. The summed E-state index contributed by atoms with van der Waals surface area (Å²) in [6.45, 7) is 22.1. The molecule has 33 heteroatoms. The van der Waals surface area contributed by atoms with E-state index in [2.05, 4.69) is 138 Å². The zero-order valence-electron chi connectivity index (χ0n) is 77.7. The number of thiazole rings is 1. The van der Waals surface area contributed by atoms with Gasteiger partial charge in [-0.2, -0.15) is 15.0 Å². The van der Waals surface area contributed by atoms with Gasteiger partial charge in [-0.05, 0) is 266 Å². The van der Waals surface area contributed by atoms with Crippen LogP contribution in [-0.4, -0.2) is 225 Å². The maximum Gasteiger partial charge on any atom is 0.261 e. The highest BCUT2D eigenvalue weighted by atomic mass is 32.1. The number of aryl methyl sites for hydroxylation is 4. The normalized spacial score (nSPS) is 18.8. The van der Waals surface area contributed by atoms with Gasteiger partial charge in [0, 0.05) is 186 Å². The van der Waals surface area contributed by atoms with Gasteiger partial charge >= 0.3 is 0 Å². The summed E-state index contributed by atoms with van der Waals surface area (Å²) in [5, 5.41) is 21.6. The number of thiophene rings is 1. The van der Waals surface area contributed by atoms with Crippen molar-refractivity contribution in [3.8, 4) is 49.8 Å². The van der Waals surface area contributed by atoms with E-state index in [0.29, 0.717) is 132 Å². The fourth-order valence-corrected chi connectivity index (χ4v) is 20.8. The quantitative estimate of drug-likeness (QED) is 0.0421. The van der Waals surface area contributed by atoms with Crippen LogP contribution >= 0.6 is 22.7 Å². The number of hydrogen-bond donors (Lipinski definition) is 5. The molecule has 0 radical (unpaired) electrons. The van der Waals surface area contributed by atoms with Crippen LogP contribution in [0.25, 0.3) is 77.2 Å². The SMILES string of the molecule is Cc1ccc(-c2ccc(-c3cc4cnc(Nc5ccc(OC6CCNC6)cc5)nc4n(Cc4nccs4)c3=O)c(C)n2)s1.Cc1cnc(C2CCCN(C)C2)nc1-c1cc2cnc(Nc3ccc(C4CNCCO4)cc3)nc2n(CC2CCOCC2)c1=O.Cc1nc(C2CCN(C)CC2)ncc1-c1cc2cnc(Nc3ccc(C4CCCN(C)C4)cc3)nc2n(CC(=O)N2CCCC2)c1=O. The van der Waals surface area contributed by atoms with E-state index in [0.717, 1.165) is 212 Å². The van der Waals surface area contributed by atoms with Gasteiger partial charge in [-0.1, -0.05) is 30.3 Å². The van der Waals surface area contributed by atoms with Crippen LogP contribution in [0.1, 0.15) is 144 Å². The Labute approximate surface area is 792 Å². The van der Waals surface area contributed by atoms with Crippen molar-refractivity contribution < 1.29 is 19.0 Å². The average molecular weight is 1850 g/mol. The van der Waals surface area contributed by atoms with Gasteiger partial charge in [0.1, 0.15) is 52.0 Å². The predicted molar refractivity (Wildman–Crippen MR) is 531 cm³/mol. The first kappa shape index (κ1) is 91.7. The van der Waals surface area contributed by atoms with Gasteiger partial charge < -0.3 is 60.4 Å². The van der Waals surface area contributed by atoms with Crippen molar-refractivity contribution >= 4 is 96.6 Å². The number of benzene rings is 3. The van der Waals surface area contributed by atoms with Gasteiger partial charge in [-0.3, -0.25) is 37.9 Å². The number of anilines is 6. The molecule has 11 aromatic heterocycles. The molecule has 3 aromatic carbocycles. The highest BCUT2D eigenvalue weighted by Crippen LogP contribution is 2.37. The van der Waals surface area contributed by atoms with Crippen molar-refractivity contribution in [2.45, 2.75) is 148 Å². The summed E-state index contributed by atoms with van der Waals surface area (Å²) in [6.07, 6.45) is 22.3. The summed E-state index contributed by atoms with van der Waals surface area (Å²) < 4.78 is 22.6. The molecule has 135 heavy (non-hydrogen) atoms. The summed E-state index contributed by atoms with van der Waals surface area (Å²) in [7, 11) is 6.46. The van der Waals surface area contributed by atoms with Crippen molar-refractivity contribution in [3.05, 3.63) is 238 Å². The van der Waals surface area contributed by atoms with Crippen molar-refractivity contribution in [3.63, 3.8) is 0 Å². The molecule has 4 atom stereocenters. The largest absolute Gasteiger partial charge is 0.489 e. The maximum atomic E-state index is 14.4. The van der Waals surface area contributed by atoms with Crippen LogP contribution in [0.15, 0.2) is 172 Å². The topological polar surface area (TPSA) is 339 Å². The minimum Gasteiger partial charge on any atom is -0.489 e. The molecule has 5 N–H and O–H groups in total. The summed E-state index contributed by atoms with van der Waals surface area (Å²) in [5.74, 6) is 5.04. The second-order valence-electron chi connectivity index (χ2n) is 36.8. The smallest absolute Gasteiger partial charge is 0.261 e. The number of carbonyl (C=O) groups excluding carboxylic acids is 1. The molecular formula is C102H116N24O7S2. The number of ether oxygens (including phenoxy) is 3. The van der Waals surface area contributed by atoms with Crippen LogP contribution in [0.3, 0.4) is 0 Å². The zero-order chi connectivity index (χ0) is 92.6. The molecule has 7 fully saturated rings. The Hall–Kier alpha value is -12.4. The van der Waals surface area contributed by atoms with Crippen LogP contribution < -0.4 is 48.0 Å². The summed E-state index contributed by atoms with van der Waals surface area (Å²) in [5.41, 5.74) is 13.1. The molecule has 31 nitrogen and oxygen atoms in total. The van der Waals surface area contributed by atoms with E-state index in [4.69, 9.17) is 54.1 Å². The van der Waals surface area contributed by atoms with Gasteiger partial charge in [-0.15, -0.1) is 22.7 Å². The summed E-state index contributed by atoms with van der Waals surface area (Å²) in [4.78, 5) is 124. The Bertz CT molecular complexity index is 6740. The van der Waals surface area contributed by atoms with E-state index in [1.54, 1.807) is 46.9 Å². The van der Waals surface area contributed by atoms with E-state index in [1.165, 1.54) is 39.2 Å². The molecule has 4 unspecified atom stereocenters. The fourth-order valence-electron chi connectivity index (χ4n) is 19.4. The minimum absolute atomic E-state index is 0.0529. The number of nitrogens with one attached hydrogen (secondary N) is 5. The molecule has 1 amide bonds. The number of pyridine rings is 4. The Morgan fingerprint density at radius 3 is 1.69 bits per heavy atom. The molecule has 0 saturated carbocycles. The average Bonchev–Trinajstić information content (AvgIpc) is 1.76. The van der Waals surface area contributed by atoms with Gasteiger partial charge in [0.15, 0.2) is 0 Å². The van der Waals surface area contributed by atoms with Gasteiger partial charge in [0.05, 0.1) is 46.6 Å². The third kappa shape index (κ3) is 21.6. The Balaban J connectivity index is 0.000000130. The number of carbonyl (C=O) groups is 1. The standard InChI is InChI=1S/C36H45N9O2.C34H42N8O3.C32H29N7O2S2/c1-24-31(21-37-33(39-24)26-12-17-42(2)18-13-26)30-19-28-20-38-36(40-29-10-8-25(9-11-29)27-7-6-14-43(3)22-27)41-34(28)45(35(30)47)23-32(46)44-15-4-5-16-44;1-22-17-36-31(25-4-3-12-41(2)21-25)39-30(22)28-16-26-18-37-34(38-27-7-5-24(6-8-27)29-19-35-11-15-45-29)40-32(26)42(33(28)43)20-23-9-13-44-14-10-23;1-19-3-10-28(43-19)27-9-8-25(20(2)36-27)26-15-21-16-35-32(38-30(21)39(31(26)40)18-29-34-13-14-42-29)37-22-4-6-23(7-5-22)41-24-11-12-33-17-24/h8-11,19-21,26-27H,4-7,12-18,22-23H2,1-3H3,(H,38,40,41);5-8,16-18,23,25,29,35H,3-4,9-15,19-21H2,1-2H3,(H,37,38,40);3-10,13-16,24,33H,11-12,17-18H2,1-2H3,(H,35,37,38). The second kappa shape index (κ2) is 41.8. The lowest BCUT2D eigenvalue weighted by Gasteiger charge is -2.30. The summed E-state index contributed by atoms with van der Waals surface area (Å²) >= 11 is 3.21. The third-order valence-electron chi connectivity index (χ3n) is 26.9. The molecule has 0 aliphatic carbocycles. The Kier molecular flexibility index (Phi) is 28.4. The molecule has 0 bridgehead atoms. The van der Waals surface area contributed by atoms with E-state index in [1.807, 2.05) is 109 Å². The number of likely N-dealkylation sites (tertiary alicyclic amines) is 4. The number of amides is 1. The molecular weight excluding hydrogens is 1740 g/mol. The molecule has 7 saturated heterocycles. The second-order valence-corrected chi connectivity index (χ2v) is 39.1. The number of morpholine rings is 1. The van der Waals surface area contributed by atoms with Crippen molar-refractivity contribution in [1.82, 2.24) is 104 Å². The monoisotopic (exact) mass is 1850 g/mol. The van der Waals surface area contributed by atoms with E-state index in [-0.39, 0.29) is 47.3 Å². The highest BCUT2D eigenvalue weighted by molar-refractivity contribution is 7.15. The lowest BCUT2D eigenvalue weighted by Crippen LogP contribution is -2.35. The van der Waals surface area contributed by atoms with E-state index in [9.17, 15) is 19.2 Å². The Morgan fingerprint density at radius 1 is 0.496 bits per heavy atom. The van der Waals surface area contributed by atoms with E-state index >= 15 is 0 Å². The van der Waals surface area contributed by atoms with Gasteiger partial charge in [0.25, 0.3) is 16.7 Å². The van der Waals surface area contributed by atoms with Gasteiger partial charge in [-0.25, -0.2) is 39.9 Å². The molecule has 7 aliphatic rings. The predicted octanol–water partition coefficient (Wildman–Crippen LogP) is 14.9. The van der Waals surface area contributed by atoms with Crippen molar-refractivity contribution in [2.75, 3.05) is 135 Å². The van der Waals surface area contributed by atoms with Gasteiger partial charge in [0.2, 0.25) is 23.8 Å². The molecule has 18 heterocycles. The number of likely N-dealkylation sites (N-methyl/N-ethyl adjacent to an activating group) is 2. The zero-order valence-corrected chi connectivity index (χ0v) is 79.3. The van der Waals surface area contributed by atoms with Crippen LogP contribution in [0, 0.1) is 33.6 Å². The maximum absolute atomic E-state index is 14.4. The number of aromatic nitrogens is 15. The number of hydrogen-bond acceptors (Lipinski definition) is 29. The molecule has 21 rings (SSSR count). The fraction of sp³-hybridized carbons (Fsp3) is 0.412. The highest BCUT2D eigenvalue weighted by Gasteiger charge is 2.31. The van der Waals surface area contributed by atoms with Crippen LogP contribution in [0.4, 0.5) is 34.9 Å². The van der Waals surface area contributed by atoms with E-state index < -0.39 is 0 Å². The first-order valence-corrected chi connectivity index (χ1v) is 49.1. The van der Waals surface area contributed by atoms with Crippen molar-refractivity contribution in [1.29, 1.82) is 0 Å². The van der Waals surface area contributed by atoms with Crippen molar-refractivity contribution in [2.24, 2.45) is 5.92 Å². The number of nitrogens with zero attached hydrogens (tertiary/aromatic N) is 19. The first-order valence-electron chi connectivity index (χ1n) is 47.4. The Morgan fingerprint density at radius 2 is 1.08 bits per heavy atom. The number of fused-ring (bicyclic) bond motifs is 3. The lowest BCUT2D eigenvalue weighted by atomic mass is 9.91. The molecule has 0 spiro atoms. The molecule has 698 valence electrons. The number of piperidine rings is 3. The lowest BCUT2D eigenvalue weighted by molar-refractivity contribution is -0.130. The number of rotatable bonds is 22. The molecule has 7 aliphatic heterocycles. The third-order valence-corrected chi connectivity index (χ3v) is 28.7. The van der Waals surface area contributed by atoms with Crippen LogP contribution in [0.5, 0.6) is 5.75 Å². The summed E-state index contributed by atoms with van der Waals surface area (Å²) in [6, 6.07) is 38.1. The van der Waals surface area contributed by atoms with Crippen LogP contribution in [-0.2, 0) is 33.9 Å². The molecule has 14 aromatic rings.